The van der Waals surface area contributed by atoms with Gasteiger partial charge in [-0.1, -0.05) is 103 Å². The topological polar surface area (TPSA) is 58.6 Å². The van der Waals surface area contributed by atoms with E-state index in [0.717, 1.165) is 28.3 Å². The van der Waals surface area contributed by atoms with E-state index in [9.17, 15) is 9.59 Å². The minimum Gasteiger partial charge on any atom is -0.483 e. The van der Waals surface area contributed by atoms with Crippen molar-refractivity contribution in [3.8, 4) is 5.75 Å². The van der Waals surface area contributed by atoms with Gasteiger partial charge >= 0.3 is 0 Å². The Balaban J connectivity index is 1.65. The molecule has 0 aliphatic carbocycles. The van der Waals surface area contributed by atoms with Gasteiger partial charge < -0.3 is 15.0 Å². The first-order chi connectivity index (χ1) is 18.5. The number of hydrogen-bond acceptors (Lipinski definition) is 3. The van der Waals surface area contributed by atoms with Crippen LogP contribution in [0.25, 0.3) is 10.8 Å². The molecule has 4 rings (SSSR count). The van der Waals surface area contributed by atoms with Gasteiger partial charge in [-0.05, 0) is 41.1 Å². The zero-order chi connectivity index (χ0) is 26.9. The van der Waals surface area contributed by atoms with Gasteiger partial charge in [0.05, 0.1) is 10.0 Å². The van der Waals surface area contributed by atoms with Crippen LogP contribution in [0.1, 0.15) is 24.5 Å². The van der Waals surface area contributed by atoms with Crippen molar-refractivity contribution < 1.29 is 14.3 Å². The fourth-order valence-corrected chi connectivity index (χ4v) is 4.62. The fourth-order valence-electron chi connectivity index (χ4n) is 4.30. The predicted molar refractivity (Wildman–Crippen MR) is 154 cm³/mol. The minimum absolute atomic E-state index is 0.172. The lowest BCUT2D eigenvalue weighted by molar-refractivity contribution is -0.142. The largest absolute Gasteiger partial charge is 0.483 e. The number of nitrogens with zero attached hydrogens (tertiary/aromatic N) is 1. The van der Waals surface area contributed by atoms with E-state index in [-0.39, 0.29) is 25.0 Å². The molecular weight excluding hydrogens is 519 g/mol. The molecule has 0 spiro atoms. The van der Waals surface area contributed by atoms with E-state index >= 15 is 0 Å². The highest BCUT2D eigenvalue weighted by Gasteiger charge is 2.30. The molecule has 0 fully saturated rings. The highest BCUT2D eigenvalue weighted by molar-refractivity contribution is 6.42. The summed E-state index contributed by atoms with van der Waals surface area (Å²) in [6.07, 6.45) is 1.15. The van der Waals surface area contributed by atoms with Gasteiger partial charge in [0.2, 0.25) is 5.91 Å². The molecule has 0 radical (unpaired) electrons. The van der Waals surface area contributed by atoms with Crippen LogP contribution in [0, 0.1) is 0 Å². The maximum atomic E-state index is 13.8. The minimum atomic E-state index is -0.748. The van der Waals surface area contributed by atoms with Crippen molar-refractivity contribution in [3.63, 3.8) is 0 Å². The van der Waals surface area contributed by atoms with Gasteiger partial charge in [-0.15, -0.1) is 0 Å². The standard InChI is InChI=1S/C31H30Cl2N2O3/c1-2-17-34-31(37)28(19-22-9-4-3-5-10-22)35(20-23-15-16-26(32)27(33)18-23)30(36)21-38-29-14-8-12-24-11-6-7-13-25(24)29/h3-16,18,28H,2,17,19-21H2,1H3,(H,34,37)/t28-/m1/s1. The molecule has 5 nitrogen and oxygen atoms in total. The molecule has 196 valence electrons. The summed E-state index contributed by atoms with van der Waals surface area (Å²) in [5, 5.41) is 5.72. The molecule has 0 unspecified atom stereocenters. The molecule has 0 bridgehead atoms. The van der Waals surface area contributed by atoms with Crippen LogP contribution in [-0.2, 0) is 22.6 Å². The lowest BCUT2D eigenvalue weighted by Crippen LogP contribution is -2.51. The Morgan fingerprint density at radius 3 is 2.37 bits per heavy atom. The van der Waals surface area contributed by atoms with Gasteiger partial charge in [0.15, 0.2) is 6.61 Å². The second-order valence-corrected chi connectivity index (χ2v) is 9.85. The molecule has 1 atom stereocenters. The van der Waals surface area contributed by atoms with Gasteiger partial charge in [-0.2, -0.15) is 0 Å². The van der Waals surface area contributed by atoms with Crippen molar-refractivity contribution in [2.45, 2.75) is 32.4 Å². The van der Waals surface area contributed by atoms with Crippen molar-refractivity contribution in [2.75, 3.05) is 13.2 Å². The van der Waals surface area contributed by atoms with E-state index in [1.54, 1.807) is 17.0 Å². The number of hydrogen-bond donors (Lipinski definition) is 1. The van der Waals surface area contributed by atoms with Crippen molar-refractivity contribution in [1.29, 1.82) is 0 Å². The average molecular weight is 549 g/mol. The Labute approximate surface area is 233 Å². The van der Waals surface area contributed by atoms with Gasteiger partial charge in [-0.25, -0.2) is 0 Å². The zero-order valence-corrected chi connectivity index (χ0v) is 22.7. The van der Waals surface area contributed by atoms with Crippen LogP contribution in [0.15, 0.2) is 91.0 Å². The van der Waals surface area contributed by atoms with E-state index in [1.165, 1.54) is 0 Å². The summed E-state index contributed by atoms with van der Waals surface area (Å²) in [6, 6.07) is 27.7. The van der Waals surface area contributed by atoms with Crippen molar-refractivity contribution in [1.82, 2.24) is 10.2 Å². The van der Waals surface area contributed by atoms with E-state index in [4.69, 9.17) is 27.9 Å². The fraction of sp³-hybridized carbons (Fsp3) is 0.226. The van der Waals surface area contributed by atoms with E-state index in [1.807, 2.05) is 85.8 Å². The highest BCUT2D eigenvalue weighted by atomic mass is 35.5. The first kappa shape index (κ1) is 27.5. The number of carbonyl (C=O) groups excluding carboxylic acids is 2. The SMILES string of the molecule is CCCNC(=O)[C@@H](Cc1ccccc1)N(Cc1ccc(Cl)c(Cl)c1)C(=O)COc1cccc2ccccc12. The maximum Gasteiger partial charge on any atom is 0.261 e. The lowest BCUT2D eigenvalue weighted by atomic mass is 10.0. The van der Waals surface area contributed by atoms with Crippen LogP contribution in [0.4, 0.5) is 0 Å². The van der Waals surface area contributed by atoms with Gasteiger partial charge in [0, 0.05) is 24.9 Å². The molecule has 1 N–H and O–H groups in total. The quantitative estimate of drug-likeness (QED) is 0.227. The van der Waals surface area contributed by atoms with Crippen LogP contribution in [-0.4, -0.2) is 35.9 Å². The van der Waals surface area contributed by atoms with Gasteiger partial charge in [-0.3, -0.25) is 9.59 Å². The molecule has 4 aromatic carbocycles. The summed E-state index contributed by atoms with van der Waals surface area (Å²) in [5.41, 5.74) is 1.71. The van der Waals surface area contributed by atoms with Crippen molar-refractivity contribution >= 4 is 45.8 Å². The number of halogens is 2. The van der Waals surface area contributed by atoms with Gasteiger partial charge in [0.1, 0.15) is 11.8 Å². The Bertz CT molecular complexity index is 1390. The molecule has 2 amide bonds. The van der Waals surface area contributed by atoms with Crippen molar-refractivity contribution in [3.05, 3.63) is 112 Å². The summed E-state index contributed by atoms with van der Waals surface area (Å²) in [7, 11) is 0. The number of ether oxygens (including phenoxy) is 1. The first-order valence-corrected chi connectivity index (χ1v) is 13.4. The zero-order valence-electron chi connectivity index (χ0n) is 21.2. The molecular formula is C31H30Cl2N2O3. The highest BCUT2D eigenvalue weighted by Crippen LogP contribution is 2.26. The molecule has 38 heavy (non-hydrogen) atoms. The molecule has 0 saturated heterocycles. The Kier molecular flexibility index (Phi) is 9.63. The number of amides is 2. The molecule has 0 aromatic heterocycles. The number of fused-ring (bicyclic) bond motifs is 1. The molecule has 0 aliphatic rings. The summed E-state index contributed by atoms with van der Waals surface area (Å²) in [5.74, 6) is 0.0897. The second kappa shape index (κ2) is 13.3. The van der Waals surface area contributed by atoms with Crippen LogP contribution in [0.3, 0.4) is 0 Å². The van der Waals surface area contributed by atoms with Gasteiger partial charge in [0.25, 0.3) is 5.91 Å². The summed E-state index contributed by atoms with van der Waals surface area (Å²) >= 11 is 12.4. The smallest absolute Gasteiger partial charge is 0.261 e. The lowest BCUT2D eigenvalue weighted by Gasteiger charge is -2.31. The third-order valence-corrected chi connectivity index (χ3v) is 7.00. The van der Waals surface area contributed by atoms with Crippen molar-refractivity contribution in [2.24, 2.45) is 0 Å². The van der Waals surface area contributed by atoms with Crippen LogP contribution in [0.5, 0.6) is 5.75 Å². The van der Waals surface area contributed by atoms with E-state index in [0.29, 0.717) is 28.8 Å². The third-order valence-electron chi connectivity index (χ3n) is 6.26. The molecule has 0 aliphatic heterocycles. The third kappa shape index (κ3) is 7.06. The normalized spacial score (nSPS) is 11.7. The summed E-state index contributed by atoms with van der Waals surface area (Å²) < 4.78 is 6.03. The molecule has 0 saturated carbocycles. The Hall–Kier alpha value is -3.54. The number of benzene rings is 4. The molecule has 0 heterocycles. The number of carbonyl (C=O) groups is 2. The van der Waals surface area contributed by atoms with Crippen LogP contribution >= 0.6 is 23.2 Å². The second-order valence-electron chi connectivity index (χ2n) is 9.03. The van der Waals surface area contributed by atoms with Crippen LogP contribution < -0.4 is 10.1 Å². The molecule has 4 aromatic rings. The number of nitrogens with one attached hydrogen (secondary N) is 1. The van der Waals surface area contributed by atoms with E-state index in [2.05, 4.69) is 5.32 Å². The van der Waals surface area contributed by atoms with Crippen LogP contribution in [0.2, 0.25) is 10.0 Å². The summed E-state index contributed by atoms with van der Waals surface area (Å²) in [6.45, 7) is 2.46. The number of rotatable bonds is 11. The predicted octanol–water partition coefficient (Wildman–Crippen LogP) is 6.69. The maximum absolute atomic E-state index is 13.8. The molecule has 7 heteroatoms. The first-order valence-electron chi connectivity index (χ1n) is 12.6. The Morgan fingerprint density at radius 1 is 0.868 bits per heavy atom. The van der Waals surface area contributed by atoms with E-state index < -0.39 is 6.04 Å². The Morgan fingerprint density at radius 2 is 1.61 bits per heavy atom. The summed E-state index contributed by atoms with van der Waals surface area (Å²) in [4.78, 5) is 28.8. The average Bonchev–Trinajstić information content (AvgIpc) is 2.94. The monoisotopic (exact) mass is 548 g/mol.